The number of piperazine rings is 1. The van der Waals surface area contributed by atoms with Gasteiger partial charge in [-0.1, -0.05) is 0 Å². The Balaban J connectivity index is 2.57. The van der Waals surface area contributed by atoms with Crippen molar-refractivity contribution in [1.29, 1.82) is 0 Å². The van der Waals surface area contributed by atoms with Gasteiger partial charge in [0.05, 0.1) is 6.10 Å². The summed E-state index contributed by atoms with van der Waals surface area (Å²) in [5.41, 5.74) is 0. The smallest absolute Gasteiger partial charge is 0.327 e. The Labute approximate surface area is 74.9 Å². The lowest BCUT2D eigenvalue weighted by Gasteiger charge is -2.29. The number of aliphatic carboxylic acids is 1. The van der Waals surface area contributed by atoms with E-state index < -0.39 is 30.1 Å². The number of nitrogens with one attached hydrogen (secondary N) is 2. The lowest BCUT2D eigenvalue weighted by atomic mass is 10.1. The highest BCUT2D eigenvalue weighted by molar-refractivity contribution is 5.88. The van der Waals surface area contributed by atoms with Gasteiger partial charge in [-0.25, -0.2) is 4.79 Å². The molecule has 1 fully saturated rings. The van der Waals surface area contributed by atoms with Crippen molar-refractivity contribution in [2.45, 2.75) is 25.1 Å². The lowest BCUT2D eigenvalue weighted by Crippen LogP contribution is -2.63. The van der Waals surface area contributed by atoms with Gasteiger partial charge in [-0.15, -0.1) is 0 Å². The molecule has 0 aromatic rings. The standard InChI is InChI=1S/C7H12N2O4/c1-3(10)5-6(11)9-4(2-8-5)7(12)13/h3-5,8,10H,2H2,1H3,(H,9,11)(H,12,13). The van der Waals surface area contributed by atoms with E-state index in [9.17, 15) is 9.59 Å². The molecule has 0 spiro atoms. The van der Waals surface area contributed by atoms with E-state index in [-0.39, 0.29) is 6.54 Å². The molecule has 6 nitrogen and oxygen atoms in total. The van der Waals surface area contributed by atoms with Crippen LogP contribution in [0, 0.1) is 0 Å². The fraction of sp³-hybridized carbons (Fsp3) is 0.714. The van der Waals surface area contributed by atoms with Crippen LogP contribution in [0.25, 0.3) is 0 Å². The van der Waals surface area contributed by atoms with Crippen molar-refractivity contribution in [3.8, 4) is 0 Å². The summed E-state index contributed by atoms with van der Waals surface area (Å²) in [7, 11) is 0. The van der Waals surface area contributed by atoms with Crippen LogP contribution in [0.4, 0.5) is 0 Å². The van der Waals surface area contributed by atoms with Crippen molar-refractivity contribution >= 4 is 11.9 Å². The van der Waals surface area contributed by atoms with Crippen molar-refractivity contribution in [3.05, 3.63) is 0 Å². The van der Waals surface area contributed by atoms with Crippen LogP contribution in [0.15, 0.2) is 0 Å². The van der Waals surface area contributed by atoms with Gasteiger partial charge >= 0.3 is 5.97 Å². The highest BCUT2D eigenvalue weighted by atomic mass is 16.4. The number of carbonyl (C=O) groups is 2. The van der Waals surface area contributed by atoms with Gasteiger partial charge in [0.25, 0.3) is 0 Å². The van der Waals surface area contributed by atoms with E-state index in [0.29, 0.717) is 0 Å². The highest BCUT2D eigenvalue weighted by Gasteiger charge is 2.33. The van der Waals surface area contributed by atoms with Gasteiger partial charge in [0, 0.05) is 6.54 Å². The molecule has 4 N–H and O–H groups in total. The first-order valence-electron chi connectivity index (χ1n) is 3.97. The predicted molar refractivity (Wildman–Crippen MR) is 43.0 cm³/mol. The molecule has 1 rings (SSSR count). The molecule has 0 saturated carbocycles. The highest BCUT2D eigenvalue weighted by Crippen LogP contribution is 2.00. The van der Waals surface area contributed by atoms with Gasteiger partial charge in [-0.2, -0.15) is 0 Å². The monoisotopic (exact) mass is 188 g/mol. The molecule has 6 heteroatoms. The number of carboxylic acid groups (broad SMARTS) is 1. The summed E-state index contributed by atoms with van der Waals surface area (Å²) in [6.07, 6.45) is -0.824. The fourth-order valence-corrected chi connectivity index (χ4v) is 1.19. The number of hydrogen-bond acceptors (Lipinski definition) is 4. The van der Waals surface area contributed by atoms with Crippen molar-refractivity contribution in [2.24, 2.45) is 0 Å². The van der Waals surface area contributed by atoms with Crippen LogP contribution in [0.5, 0.6) is 0 Å². The summed E-state index contributed by atoms with van der Waals surface area (Å²) in [6.45, 7) is 1.61. The SMILES string of the molecule is CC(O)C1NCC(C(=O)O)NC1=O. The van der Waals surface area contributed by atoms with Crippen molar-refractivity contribution in [2.75, 3.05) is 6.54 Å². The molecule has 1 heterocycles. The quantitative estimate of drug-likeness (QED) is 0.398. The van der Waals surface area contributed by atoms with E-state index in [1.165, 1.54) is 6.92 Å². The van der Waals surface area contributed by atoms with E-state index in [4.69, 9.17) is 10.2 Å². The van der Waals surface area contributed by atoms with Crippen LogP contribution >= 0.6 is 0 Å². The largest absolute Gasteiger partial charge is 0.480 e. The molecule has 1 aliphatic rings. The van der Waals surface area contributed by atoms with Crippen molar-refractivity contribution in [3.63, 3.8) is 0 Å². The number of amides is 1. The minimum atomic E-state index is -1.08. The van der Waals surface area contributed by atoms with Crippen LogP contribution in [0.3, 0.4) is 0 Å². The molecule has 1 saturated heterocycles. The van der Waals surface area contributed by atoms with Gasteiger partial charge in [0.15, 0.2) is 0 Å². The van der Waals surface area contributed by atoms with Gasteiger partial charge in [0.2, 0.25) is 5.91 Å². The minimum Gasteiger partial charge on any atom is -0.480 e. The normalized spacial score (nSPS) is 30.8. The van der Waals surface area contributed by atoms with Gasteiger partial charge in [0.1, 0.15) is 12.1 Å². The first-order chi connectivity index (χ1) is 6.02. The first-order valence-corrected chi connectivity index (χ1v) is 3.97. The number of aliphatic hydroxyl groups excluding tert-OH is 1. The Kier molecular flexibility index (Phi) is 2.84. The van der Waals surface area contributed by atoms with Crippen LogP contribution in [0.2, 0.25) is 0 Å². The van der Waals surface area contributed by atoms with Crippen LogP contribution in [-0.2, 0) is 9.59 Å². The Morgan fingerprint density at radius 2 is 2.31 bits per heavy atom. The molecule has 0 aromatic heterocycles. The molecule has 0 radical (unpaired) electrons. The molecule has 3 atom stereocenters. The third kappa shape index (κ3) is 2.16. The first kappa shape index (κ1) is 9.94. The summed E-state index contributed by atoms with van der Waals surface area (Å²) < 4.78 is 0. The topological polar surface area (TPSA) is 98.7 Å². The zero-order valence-electron chi connectivity index (χ0n) is 7.15. The van der Waals surface area contributed by atoms with E-state index in [2.05, 4.69) is 10.6 Å². The minimum absolute atomic E-state index is 0.136. The van der Waals surface area contributed by atoms with Gasteiger partial charge < -0.3 is 20.8 Å². The molecule has 3 unspecified atom stereocenters. The van der Waals surface area contributed by atoms with Gasteiger partial charge in [-0.05, 0) is 6.92 Å². The molecule has 0 aromatic carbocycles. The van der Waals surface area contributed by atoms with Gasteiger partial charge in [-0.3, -0.25) is 4.79 Å². The number of aliphatic hydroxyl groups is 1. The van der Waals surface area contributed by atoms with Crippen LogP contribution < -0.4 is 10.6 Å². The number of hydrogen-bond donors (Lipinski definition) is 4. The Morgan fingerprint density at radius 3 is 2.69 bits per heavy atom. The molecule has 0 aliphatic carbocycles. The third-order valence-electron chi connectivity index (χ3n) is 1.92. The number of carbonyl (C=O) groups excluding carboxylic acids is 1. The maximum absolute atomic E-state index is 11.2. The lowest BCUT2D eigenvalue weighted by molar-refractivity contribution is -0.144. The second kappa shape index (κ2) is 3.71. The average molecular weight is 188 g/mol. The molecule has 74 valence electrons. The number of rotatable bonds is 2. The molecular formula is C7H12N2O4. The summed E-state index contributed by atoms with van der Waals surface area (Å²) in [5, 5.41) is 22.6. The zero-order chi connectivity index (χ0) is 10.0. The van der Waals surface area contributed by atoms with E-state index in [0.717, 1.165) is 0 Å². The Morgan fingerprint density at radius 1 is 1.69 bits per heavy atom. The van der Waals surface area contributed by atoms with E-state index >= 15 is 0 Å². The second-order valence-corrected chi connectivity index (χ2v) is 3.03. The molecule has 1 amide bonds. The van der Waals surface area contributed by atoms with Crippen molar-refractivity contribution in [1.82, 2.24) is 10.6 Å². The molecule has 13 heavy (non-hydrogen) atoms. The van der Waals surface area contributed by atoms with E-state index in [1.807, 2.05) is 0 Å². The van der Waals surface area contributed by atoms with Crippen LogP contribution in [-0.4, -0.2) is 46.8 Å². The van der Waals surface area contributed by atoms with Crippen molar-refractivity contribution < 1.29 is 19.8 Å². The Hall–Kier alpha value is -1.14. The average Bonchev–Trinajstić information content (AvgIpc) is 2.03. The molecular weight excluding hydrogens is 176 g/mol. The summed E-state index contributed by atoms with van der Waals surface area (Å²) in [5.74, 6) is -1.56. The Bertz CT molecular complexity index is 229. The van der Waals surface area contributed by atoms with E-state index in [1.54, 1.807) is 0 Å². The third-order valence-corrected chi connectivity index (χ3v) is 1.92. The predicted octanol–water partition coefficient (Wildman–Crippen LogP) is -2.09. The summed E-state index contributed by atoms with van der Waals surface area (Å²) in [6, 6.07) is -1.61. The fourth-order valence-electron chi connectivity index (χ4n) is 1.19. The number of carboxylic acids is 1. The molecule has 1 aliphatic heterocycles. The maximum atomic E-state index is 11.2. The molecule has 0 bridgehead atoms. The summed E-state index contributed by atoms with van der Waals surface area (Å²) in [4.78, 5) is 21.6. The second-order valence-electron chi connectivity index (χ2n) is 3.03. The maximum Gasteiger partial charge on any atom is 0.327 e. The summed E-state index contributed by atoms with van der Waals surface area (Å²) >= 11 is 0. The zero-order valence-corrected chi connectivity index (χ0v) is 7.15. The van der Waals surface area contributed by atoms with Crippen LogP contribution in [0.1, 0.15) is 6.92 Å².